The van der Waals surface area contributed by atoms with Crippen LogP contribution >= 0.6 is 0 Å². The Morgan fingerprint density at radius 1 is 0.274 bits per heavy atom. The fraction of sp³-hybridized carbons (Fsp3) is 0. The minimum atomic E-state index is 0. The molecule has 0 radical (unpaired) electrons. The van der Waals surface area contributed by atoms with Crippen LogP contribution in [0.1, 0.15) is 0 Å². The smallest absolute Gasteiger partial charge is 0.872 e. The van der Waals surface area contributed by atoms with Crippen molar-refractivity contribution in [3.63, 3.8) is 0 Å². The first-order valence-electron chi connectivity index (χ1n) is 25.4. The molecule has 8 aromatic carbocycles. The SMILES string of the molecule is [Li+].[Li+].[Li+].[Li+].[Li+].[O-]c1cccc2ccc[nH+]c12.[O-]c1ccccc1-c1cc2ccccc2c[nH+]1.[O-]c1ccccc1-c1ccc2ccc3cccnc3c2[nH+]1.[O-]c1ccccc1-c1ccc2ccccc2[nH+]1.[O-]c1ccccc1-c1cccc[nH+]1. The zero-order valence-corrected chi connectivity index (χ0v) is 47.5. The summed E-state index contributed by atoms with van der Waals surface area (Å²) in [5.41, 5.74) is 9.76. The van der Waals surface area contributed by atoms with Crippen LogP contribution in [0.4, 0.5) is 0 Å². The van der Waals surface area contributed by atoms with E-state index in [0.29, 0.717) is 27.8 Å². The summed E-state index contributed by atoms with van der Waals surface area (Å²) in [4.78, 5) is 20.2. The average Bonchev–Trinajstić information content (AvgIpc) is 2.68. The molecule has 14 rings (SSSR count). The number of aromatic nitrogens is 6. The topological polar surface area (TPSA) is 199 Å². The predicted molar refractivity (Wildman–Crippen MR) is 299 cm³/mol. The number of hydrogen-bond acceptors (Lipinski definition) is 6. The Kier molecular flexibility index (Phi) is 26.0. The third-order valence-electron chi connectivity index (χ3n) is 12.9. The predicted octanol–water partition coefficient (Wildman–Crippen LogP) is -5.28. The van der Waals surface area contributed by atoms with Gasteiger partial charge >= 0.3 is 94.3 Å². The monoisotopic (exact) mass is 1070 g/mol. The van der Waals surface area contributed by atoms with Crippen molar-refractivity contribution in [1.82, 2.24) is 4.98 Å². The van der Waals surface area contributed by atoms with Crippen molar-refractivity contribution >= 4 is 54.4 Å². The summed E-state index contributed by atoms with van der Waals surface area (Å²) < 4.78 is 0. The third-order valence-corrected chi connectivity index (χ3v) is 12.9. The van der Waals surface area contributed by atoms with Crippen LogP contribution in [0.2, 0.25) is 0 Å². The zero-order chi connectivity index (χ0) is 54.3. The van der Waals surface area contributed by atoms with E-state index in [-0.39, 0.29) is 123 Å². The van der Waals surface area contributed by atoms with Gasteiger partial charge in [0.15, 0.2) is 18.6 Å². The van der Waals surface area contributed by atoms with Crippen molar-refractivity contribution in [2.75, 3.05) is 0 Å². The molecule has 6 heterocycles. The van der Waals surface area contributed by atoms with Gasteiger partial charge in [-0.3, -0.25) is 0 Å². The van der Waals surface area contributed by atoms with Crippen LogP contribution in [0.3, 0.4) is 0 Å². The number of aromatic amines is 5. The molecule has 14 aromatic rings. The van der Waals surface area contributed by atoms with Gasteiger partial charge in [0.25, 0.3) is 0 Å². The van der Waals surface area contributed by atoms with Crippen molar-refractivity contribution in [3.8, 4) is 73.8 Å². The maximum atomic E-state index is 12.0. The van der Waals surface area contributed by atoms with E-state index in [2.05, 4.69) is 42.0 Å². The number of para-hydroxylation sites is 6. The van der Waals surface area contributed by atoms with E-state index in [1.807, 2.05) is 188 Å². The van der Waals surface area contributed by atoms with Crippen molar-refractivity contribution in [2.45, 2.75) is 0 Å². The van der Waals surface area contributed by atoms with Gasteiger partial charge in [-0.05, 0) is 90.0 Å². The largest absolute Gasteiger partial charge is 1.00 e. The van der Waals surface area contributed by atoms with E-state index in [4.69, 9.17) is 0 Å². The van der Waals surface area contributed by atoms with Crippen molar-refractivity contribution in [2.24, 2.45) is 0 Å². The Labute approximate surface area is 546 Å². The molecule has 0 saturated carbocycles. The number of nitrogens with zero attached hydrogens (tertiary/aromatic N) is 1. The molecule has 0 bridgehead atoms. The van der Waals surface area contributed by atoms with Gasteiger partial charge in [0, 0.05) is 97.8 Å². The molecule has 0 spiro atoms. The Bertz CT molecular complexity index is 4270. The molecule has 16 heteroatoms. The maximum Gasteiger partial charge on any atom is 1.00 e. The van der Waals surface area contributed by atoms with Crippen LogP contribution in [0.15, 0.2) is 274 Å². The summed E-state index contributed by atoms with van der Waals surface area (Å²) in [6, 6.07) is 76.9. The van der Waals surface area contributed by atoms with Crippen LogP contribution in [-0.2, 0) is 0 Å². The molecule has 6 aromatic heterocycles. The number of H-pyrrole nitrogens is 5. The van der Waals surface area contributed by atoms with Crippen LogP contribution in [0, 0.1) is 0 Å². The van der Waals surface area contributed by atoms with Crippen molar-refractivity contribution in [1.29, 1.82) is 0 Å². The molecule has 0 saturated heterocycles. The first kappa shape index (κ1) is 66.7. The summed E-state index contributed by atoms with van der Waals surface area (Å²) in [5, 5.41) is 64.5. The molecular weight excluding hydrogens is 1020 g/mol. The van der Waals surface area contributed by atoms with E-state index in [9.17, 15) is 25.5 Å². The molecule has 0 aliphatic carbocycles. The Morgan fingerprint density at radius 3 is 1.32 bits per heavy atom. The van der Waals surface area contributed by atoms with Crippen LogP contribution < -0.4 is 145 Å². The molecule has 382 valence electrons. The summed E-state index contributed by atoms with van der Waals surface area (Å²) in [6.07, 6.45) is 7.27. The Balaban J connectivity index is 0.000000192. The molecule has 84 heavy (non-hydrogen) atoms. The molecule has 0 atom stereocenters. The zero-order valence-electron chi connectivity index (χ0n) is 47.5. The molecule has 0 unspecified atom stereocenters. The quantitative estimate of drug-likeness (QED) is 0.125. The maximum absolute atomic E-state index is 12.0. The standard InChI is InChI=1S/C18H12N2O.2C15H11NO.C11H9NO.C9H7NO.5Li/c21-16-6-2-1-5-14(16)15-10-9-13-8-7-12-4-3-11-19-17(12)18(13)20-15;17-15-8-4-2-6-12(15)14-10-9-11-5-1-3-7-13(11)16-14;17-15-8-4-3-7-13(15)14-9-11-5-1-2-6-12(11)10-16-14;13-11-7-2-1-5-9(11)10-6-3-4-8-12-10;11-8-5-1-3-7-4-2-6-10-9(7)8;;;;;/h1-11,21H;2*1-10,17H;1-8,13H;1-6,11H;;;;;/q;;;;;5*+1. The van der Waals surface area contributed by atoms with Crippen molar-refractivity contribution < 1.29 is 145 Å². The van der Waals surface area contributed by atoms with E-state index in [0.717, 1.165) is 71.6 Å². The van der Waals surface area contributed by atoms with Gasteiger partial charge in [-0.25, -0.2) is 29.9 Å². The first-order chi connectivity index (χ1) is 38.8. The summed E-state index contributed by atoms with van der Waals surface area (Å²) in [5.74, 6) is 0.187. The van der Waals surface area contributed by atoms with Gasteiger partial charge in [0.05, 0.1) is 0 Å². The van der Waals surface area contributed by atoms with Gasteiger partial charge < -0.3 is 25.5 Å². The molecule has 0 fully saturated rings. The molecule has 11 nitrogen and oxygen atoms in total. The van der Waals surface area contributed by atoms with Gasteiger partial charge in [-0.1, -0.05) is 150 Å². The minimum Gasteiger partial charge on any atom is -0.872 e. The number of pyridine rings is 6. The number of benzene rings is 8. The number of rotatable bonds is 4. The van der Waals surface area contributed by atoms with Crippen LogP contribution in [-0.4, -0.2) is 4.98 Å². The van der Waals surface area contributed by atoms with Crippen LogP contribution in [0.5, 0.6) is 28.7 Å². The molecule has 0 aliphatic rings. The van der Waals surface area contributed by atoms with Gasteiger partial charge in [0.1, 0.15) is 5.52 Å². The second-order valence-corrected chi connectivity index (χ2v) is 18.1. The van der Waals surface area contributed by atoms with Crippen LogP contribution in [0.25, 0.3) is 99.4 Å². The van der Waals surface area contributed by atoms with E-state index >= 15 is 0 Å². The number of fused-ring (bicyclic) bond motifs is 6. The fourth-order valence-electron chi connectivity index (χ4n) is 8.93. The first-order valence-corrected chi connectivity index (χ1v) is 25.4. The van der Waals surface area contributed by atoms with Gasteiger partial charge in [-0.2, -0.15) is 0 Å². The minimum absolute atomic E-state index is 0. The number of nitrogens with one attached hydrogen (secondary N) is 5. The molecule has 0 amide bonds. The van der Waals surface area contributed by atoms with E-state index < -0.39 is 0 Å². The van der Waals surface area contributed by atoms with Gasteiger partial charge in [-0.15, -0.1) is 0 Å². The van der Waals surface area contributed by atoms with E-state index in [1.165, 1.54) is 0 Å². The summed E-state index contributed by atoms with van der Waals surface area (Å²) in [6.45, 7) is 0. The summed E-state index contributed by atoms with van der Waals surface area (Å²) >= 11 is 0. The average molecular weight is 1070 g/mol. The Morgan fingerprint density at radius 2 is 0.714 bits per heavy atom. The van der Waals surface area contributed by atoms with Gasteiger partial charge in [0.2, 0.25) is 39.3 Å². The normalized spacial score (nSPS) is 9.90. The van der Waals surface area contributed by atoms with E-state index in [1.54, 1.807) is 73.1 Å². The second kappa shape index (κ2) is 32.7. The third kappa shape index (κ3) is 16.6. The second-order valence-electron chi connectivity index (χ2n) is 18.1. The number of hydrogen-bond donors (Lipinski definition) is 0. The molecule has 5 N–H and O–H groups in total. The summed E-state index contributed by atoms with van der Waals surface area (Å²) in [7, 11) is 0. The Hall–Kier alpha value is -8.05. The fourth-order valence-corrected chi connectivity index (χ4v) is 8.93. The molecule has 0 aliphatic heterocycles. The molecular formula is C68H50Li5N6O5+5. The van der Waals surface area contributed by atoms with Crippen molar-refractivity contribution in [3.05, 3.63) is 274 Å².